The smallest absolute Gasteiger partial charge is 0.254 e. The van der Waals surface area contributed by atoms with Gasteiger partial charge in [0.05, 0.1) is 6.54 Å². The number of benzene rings is 1. The van der Waals surface area contributed by atoms with Crippen molar-refractivity contribution in [3.05, 3.63) is 47.0 Å². The van der Waals surface area contributed by atoms with Gasteiger partial charge in [0.2, 0.25) is 0 Å². The molecule has 1 N–H and O–H groups in total. The Morgan fingerprint density at radius 2 is 1.62 bits per heavy atom. The highest BCUT2D eigenvalue weighted by molar-refractivity contribution is 5.95. The summed E-state index contributed by atoms with van der Waals surface area (Å²) in [5, 5.41) is 10.8. The van der Waals surface area contributed by atoms with Crippen LogP contribution in [0.25, 0.3) is 0 Å². The van der Waals surface area contributed by atoms with Crippen molar-refractivity contribution in [1.29, 1.82) is 0 Å². The minimum atomic E-state index is -0.265. The van der Waals surface area contributed by atoms with E-state index in [1.807, 2.05) is 71.5 Å². The lowest BCUT2D eigenvalue weighted by atomic mass is 9.78. The van der Waals surface area contributed by atoms with Crippen molar-refractivity contribution < 1.29 is 9.90 Å². The Hall–Kier alpha value is -2.30. The standard InChI is InChI=1S/C21H31N3O2/c1-20(2,3)15-11-14(12-16(18(15)25)21(4,5)6)19(26)24(8)13-17-22-9-10-23(17)7/h9-12,25H,13H2,1-8H3. The molecule has 0 saturated carbocycles. The molecule has 2 rings (SSSR count). The summed E-state index contributed by atoms with van der Waals surface area (Å²) < 4.78 is 1.90. The third kappa shape index (κ3) is 4.09. The van der Waals surface area contributed by atoms with E-state index in [-0.39, 0.29) is 22.5 Å². The lowest BCUT2D eigenvalue weighted by Crippen LogP contribution is -2.28. The molecule has 0 fully saturated rings. The molecule has 0 saturated heterocycles. The molecule has 1 aromatic heterocycles. The fraction of sp³-hybridized carbons (Fsp3) is 0.524. The molecule has 142 valence electrons. The quantitative estimate of drug-likeness (QED) is 0.903. The van der Waals surface area contributed by atoms with Crippen LogP contribution >= 0.6 is 0 Å². The summed E-state index contributed by atoms with van der Waals surface area (Å²) in [6.07, 6.45) is 3.59. The first-order valence-electron chi connectivity index (χ1n) is 8.92. The van der Waals surface area contributed by atoms with E-state index in [1.165, 1.54) is 0 Å². The van der Waals surface area contributed by atoms with E-state index in [4.69, 9.17) is 0 Å². The average molecular weight is 357 g/mol. The molecule has 0 radical (unpaired) electrons. The molecule has 0 unspecified atom stereocenters. The van der Waals surface area contributed by atoms with Crippen LogP contribution in [0.5, 0.6) is 5.75 Å². The zero-order valence-electron chi connectivity index (χ0n) is 17.2. The Kier molecular flexibility index (Phi) is 5.22. The van der Waals surface area contributed by atoms with Gasteiger partial charge in [-0.25, -0.2) is 4.98 Å². The number of aryl methyl sites for hydroxylation is 1. The number of aromatic hydroxyl groups is 1. The molecule has 0 aliphatic heterocycles. The van der Waals surface area contributed by atoms with Crippen molar-refractivity contribution in [3.63, 3.8) is 0 Å². The maximum Gasteiger partial charge on any atom is 0.254 e. The molecule has 0 spiro atoms. The van der Waals surface area contributed by atoms with Crippen molar-refractivity contribution in [1.82, 2.24) is 14.5 Å². The molecule has 0 aliphatic carbocycles. The van der Waals surface area contributed by atoms with Crippen LogP contribution in [0.2, 0.25) is 0 Å². The van der Waals surface area contributed by atoms with Crippen LogP contribution in [0.3, 0.4) is 0 Å². The molecular weight excluding hydrogens is 326 g/mol. The molecule has 1 heterocycles. The van der Waals surface area contributed by atoms with Gasteiger partial charge >= 0.3 is 0 Å². The monoisotopic (exact) mass is 357 g/mol. The van der Waals surface area contributed by atoms with Gasteiger partial charge in [-0.2, -0.15) is 0 Å². The second-order valence-corrected chi connectivity index (χ2v) is 9.04. The van der Waals surface area contributed by atoms with Gasteiger partial charge < -0.3 is 14.6 Å². The summed E-state index contributed by atoms with van der Waals surface area (Å²) in [5.41, 5.74) is 1.64. The maximum absolute atomic E-state index is 13.1. The Bertz CT molecular complexity index is 772. The van der Waals surface area contributed by atoms with Crippen molar-refractivity contribution in [3.8, 4) is 5.75 Å². The number of amides is 1. The summed E-state index contributed by atoms with van der Waals surface area (Å²) in [4.78, 5) is 19.0. The predicted octanol–water partition coefficient (Wildman–Crippen LogP) is 3.99. The second-order valence-electron chi connectivity index (χ2n) is 9.04. The molecule has 1 amide bonds. The molecule has 2 aromatic rings. The van der Waals surface area contributed by atoms with E-state index < -0.39 is 0 Å². The van der Waals surface area contributed by atoms with Crippen LogP contribution in [-0.4, -0.2) is 32.5 Å². The van der Waals surface area contributed by atoms with Gasteiger partial charge in [0.1, 0.15) is 11.6 Å². The van der Waals surface area contributed by atoms with Crippen molar-refractivity contribution in [2.75, 3.05) is 7.05 Å². The van der Waals surface area contributed by atoms with E-state index in [9.17, 15) is 9.90 Å². The summed E-state index contributed by atoms with van der Waals surface area (Å²) in [7, 11) is 3.69. The molecule has 0 aliphatic rings. The fourth-order valence-electron chi connectivity index (χ4n) is 2.95. The minimum Gasteiger partial charge on any atom is -0.507 e. The number of imidazole rings is 1. The SMILES string of the molecule is CN(Cc1nccn1C)C(=O)c1cc(C(C)(C)C)c(O)c(C(C)(C)C)c1. The van der Waals surface area contributed by atoms with Crippen LogP contribution in [0, 0.1) is 0 Å². The van der Waals surface area contributed by atoms with Crippen molar-refractivity contribution in [2.45, 2.75) is 58.9 Å². The van der Waals surface area contributed by atoms with E-state index in [0.717, 1.165) is 17.0 Å². The van der Waals surface area contributed by atoms with Crippen molar-refractivity contribution >= 4 is 5.91 Å². The number of hydrogen-bond acceptors (Lipinski definition) is 3. The van der Waals surface area contributed by atoms with Crippen LogP contribution in [0.4, 0.5) is 0 Å². The Morgan fingerprint density at radius 3 is 2.00 bits per heavy atom. The summed E-state index contributed by atoms with van der Waals surface area (Å²) in [5.74, 6) is 1.03. The Labute approximate surface area is 156 Å². The van der Waals surface area contributed by atoms with Gasteiger partial charge in [-0.05, 0) is 23.0 Å². The van der Waals surface area contributed by atoms with E-state index in [2.05, 4.69) is 4.98 Å². The highest BCUT2D eigenvalue weighted by atomic mass is 16.3. The summed E-state index contributed by atoms with van der Waals surface area (Å²) in [6, 6.07) is 3.64. The highest BCUT2D eigenvalue weighted by Gasteiger charge is 2.28. The largest absolute Gasteiger partial charge is 0.507 e. The first-order chi connectivity index (χ1) is 11.8. The summed E-state index contributed by atoms with van der Waals surface area (Å²) >= 11 is 0. The molecule has 1 aromatic carbocycles. The van der Waals surface area contributed by atoms with Gasteiger partial charge in [0.25, 0.3) is 5.91 Å². The average Bonchev–Trinajstić information content (AvgIpc) is 2.89. The second kappa shape index (κ2) is 6.78. The van der Waals surface area contributed by atoms with Crippen molar-refractivity contribution in [2.24, 2.45) is 7.05 Å². The number of rotatable bonds is 3. The molecule has 26 heavy (non-hydrogen) atoms. The van der Waals surface area contributed by atoms with Crippen LogP contribution < -0.4 is 0 Å². The number of aromatic nitrogens is 2. The normalized spacial score (nSPS) is 12.3. The number of carbonyl (C=O) groups is 1. The first kappa shape index (κ1) is 20.0. The van der Waals surface area contributed by atoms with Gasteiger partial charge in [-0.1, -0.05) is 41.5 Å². The molecule has 0 atom stereocenters. The third-order valence-electron chi connectivity index (χ3n) is 4.62. The molecule has 5 nitrogen and oxygen atoms in total. The van der Waals surface area contributed by atoms with Crippen LogP contribution in [0.15, 0.2) is 24.5 Å². The van der Waals surface area contributed by atoms with E-state index >= 15 is 0 Å². The molecule has 5 heteroatoms. The lowest BCUT2D eigenvalue weighted by Gasteiger charge is -2.28. The Morgan fingerprint density at radius 1 is 1.12 bits per heavy atom. The maximum atomic E-state index is 13.1. The molecular formula is C21H31N3O2. The fourth-order valence-corrected chi connectivity index (χ4v) is 2.95. The number of nitrogens with zero attached hydrogens (tertiary/aromatic N) is 3. The Balaban J connectivity index is 2.47. The van der Waals surface area contributed by atoms with Gasteiger partial charge in [-0.3, -0.25) is 4.79 Å². The molecule has 0 bridgehead atoms. The minimum absolute atomic E-state index is 0.0796. The van der Waals surface area contributed by atoms with Gasteiger partial charge in [0, 0.05) is 43.2 Å². The summed E-state index contributed by atoms with van der Waals surface area (Å²) in [6.45, 7) is 12.7. The highest BCUT2D eigenvalue weighted by Crippen LogP contribution is 2.40. The zero-order valence-corrected chi connectivity index (χ0v) is 17.2. The first-order valence-corrected chi connectivity index (χ1v) is 8.92. The zero-order chi connectivity index (χ0) is 19.9. The van der Waals surface area contributed by atoms with Crippen LogP contribution in [0.1, 0.15) is 68.9 Å². The topological polar surface area (TPSA) is 58.4 Å². The van der Waals surface area contributed by atoms with Gasteiger partial charge in [0.15, 0.2) is 0 Å². The van der Waals surface area contributed by atoms with Gasteiger partial charge in [-0.15, -0.1) is 0 Å². The van der Waals surface area contributed by atoms with E-state index in [1.54, 1.807) is 18.1 Å². The lowest BCUT2D eigenvalue weighted by molar-refractivity contribution is 0.0780. The number of phenolic OH excluding ortho intramolecular Hbond substituents is 1. The van der Waals surface area contributed by atoms with Crippen LogP contribution in [-0.2, 0) is 24.4 Å². The van der Waals surface area contributed by atoms with E-state index in [0.29, 0.717) is 12.1 Å². The number of phenols is 1. The number of carbonyl (C=O) groups excluding carboxylic acids is 1. The predicted molar refractivity (Wildman–Crippen MR) is 105 cm³/mol. The number of hydrogen-bond donors (Lipinski definition) is 1. The third-order valence-corrected chi connectivity index (χ3v) is 4.62.